The predicted molar refractivity (Wildman–Crippen MR) is 85.3 cm³/mol. The van der Waals surface area contributed by atoms with Gasteiger partial charge in [0.1, 0.15) is 0 Å². The molecule has 0 spiro atoms. The molecule has 0 saturated heterocycles. The van der Waals surface area contributed by atoms with Gasteiger partial charge in [0.15, 0.2) is 11.6 Å². The van der Waals surface area contributed by atoms with E-state index in [4.69, 9.17) is 0 Å². The van der Waals surface area contributed by atoms with Crippen molar-refractivity contribution in [2.75, 3.05) is 0 Å². The van der Waals surface area contributed by atoms with E-state index in [2.05, 4.69) is 29.9 Å². The summed E-state index contributed by atoms with van der Waals surface area (Å²) < 4.78 is 0. The third-order valence-electron chi connectivity index (χ3n) is 3.63. The Morgan fingerprint density at radius 3 is 1.55 bits per heavy atom. The van der Waals surface area contributed by atoms with Crippen molar-refractivity contribution in [1.29, 1.82) is 0 Å². The molecule has 112 valence electrons. The lowest BCUT2D eigenvalue weighted by Crippen LogP contribution is -2.27. The Labute approximate surface area is 129 Å². The zero-order valence-corrected chi connectivity index (χ0v) is 12.3. The van der Waals surface area contributed by atoms with Crippen molar-refractivity contribution in [2.45, 2.75) is 37.8 Å². The van der Waals surface area contributed by atoms with Gasteiger partial charge in [-0.2, -0.15) is 0 Å². The van der Waals surface area contributed by atoms with Gasteiger partial charge in [0, 0.05) is 24.8 Å². The van der Waals surface area contributed by atoms with Crippen LogP contribution in [0.2, 0.25) is 0 Å². The minimum absolute atomic E-state index is 0.178. The van der Waals surface area contributed by atoms with E-state index in [1.165, 1.54) is 12.8 Å². The van der Waals surface area contributed by atoms with Gasteiger partial charge in [0.2, 0.25) is 0 Å². The normalized spacial score (nSPS) is 22.4. The van der Waals surface area contributed by atoms with E-state index in [1.807, 2.05) is 0 Å². The highest BCUT2D eigenvalue weighted by Gasteiger charge is 2.23. The van der Waals surface area contributed by atoms with E-state index in [9.17, 15) is 0 Å². The first-order valence-electron chi connectivity index (χ1n) is 7.52. The monoisotopic (exact) mass is 294 g/mol. The molecule has 1 aliphatic rings. The minimum Gasteiger partial charge on any atom is -0.284 e. The first kappa shape index (κ1) is 14.4. The Bertz CT molecular complexity index is 568. The fourth-order valence-electron chi connectivity index (χ4n) is 2.52. The molecule has 6 nitrogen and oxygen atoms in total. The van der Waals surface area contributed by atoms with Gasteiger partial charge >= 0.3 is 0 Å². The zero-order valence-electron chi connectivity index (χ0n) is 12.3. The van der Waals surface area contributed by atoms with Crippen LogP contribution in [0.25, 0.3) is 0 Å². The molecule has 6 heteroatoms. The van der Waals surface area contributed by atoms with E-state index in [1.54, 1.807) is 49.3 Å². The summed E-state index contributed by atoms with van der Waals surface area (Å²) in [5.74, 6) is 1.28. The molecule has 0 aromatic carbocycles. The maximum absolute atomic E-state index is 4.64. The summed E-state index contributed by atoms with van der Waals surface area (Å²) in [6, 6.07) is 3.95. The van der Waals surface area contributed by atoms with Crippen molar-refractivity contribution in [2.24, 2.45) is 9.98 Å². The number of aliphatic imine (C=N–C) groups is 2. The quantitative estimate of drug-likeness (QED) is 0.809. The molecular weight excluding hydrogens is 276 g/mol. The highest BCUT2D eigenvalue weighted by Crippen LogP contribution is 2.23. The number of hydrogen-bond donors (Lipinski definition) is 0. The van der Waals surface area contributed by atoms with Crippen LogP contribution in [0.4, 0.5) is 0 Å². The molecule has 1 saturated carbocycles. The van der Waals surface area contributed by atoms with Gasteiger partial charge < -0.3 is 0 Å². The van der Waals surface area contributed by atoms with E-state index < -0.39 is 0 Å². The summed E-state index contributed by atoms with van der Waals surface area (Å²) >= 11 is 0. The van der Waals surface area contributed by atoms with E-state index in [0.717, 1.165) is 12.8 Å². The average molecular weight is 294 g/mol. The van der Waals surface area contributed by atoms with Crippen LogP contribution in [0.3, 0.4) is 0 Å². The lowest BCUT2D eigenvalue weighted by molar-refractivity contribution is 0.390. The van der Waals surface area contributed by atoms with Gasteiger partial charge in [-0.15, -0.1) is 0 Å². The molecular formula is C16H18N6. The maximum Gasteiger partial charge on any atom is 0.170 e. The lowest BCUT2D eigenvalue weighted by Gasteiger charge is -2.25. The van der Waals surface area contributed by atoms with Crippen LogP contribution in [0.5, 0.6) is 0 Å². The van der Waals surface area contributed by atoms with E-state index in [-0.39, 0.29) is 12.1 Å². The molecule has 2 heterocycles. The van der Waals surface area contributed by atoms with Crippen LogP contribution in [-0.2, 0) is 0 Å². The second-order valence-electron chi connectivity index (χ2n) is 5.19. The standard InChI is InChI=1S/C16H18N6/c1-2-6-14(22-12-16-19-9-4-10-20-16)13(5-1)21-11-15-17-7-3-8-18-15/h3-4,7-14H,1-2,5-6H2/b21-11+,22-12+. The van der Waals surface area contributed by atoms with Crippen molar-refractivity contribution in [3.05, 3.63) is 48.6 Å². The van der Waals surface area contributed by atoms with Crippen molar-refractivity contribution < 1.29 is 0 Å². The summed E-state index contributed by atoms with van der Waals surface area (Å²) in [6.07, 6.45) is 14.8. The molecule has 0 bridgehead atoms. The third-order valence-corrected chi connectivity index (χ3v) is 3.63. The van der Waals surface area contributed by atoms with Gasteiger partial charge in [-0.25, -0.2) is 19.9 Å². The molecule has 2 unspecified atom stereocenters. The first-order valence-corrected chi connectivity index (χ1v) is 7.52. The molecule has 2 atom stereocenters. The Hall–Kier alpha value is -2.50. The SMILES string of the molecule is C(=N\C1CCCCC1/N=C/c1ncccn1)/c1ncccn1. The second kappa shape index (κ2) is 7.49. The molecule has 1 fully saturated rings. The molecule has 2 aromatic rings. The Kier molecular flexibility index (Phi) is 4.92. The van der Waals surface area contributed by atoms with Gasteiger partial charge in [-0.1, -0.05) is 12.8 Å². The summed E-state index contributed by atoms with van der Waals surface area (Å²) in [7, 11) is 0. The van der Waals surface area contributed by atoms with Crippen molar-refractivity contribution in [1.82, 2.24) is 19.9 Å². The lowest BCUT2D eigenvalue weighted by atomic mass is 9.91. The predicted octanol–water partition coefficient (Wildman–Crippen LogP) is 2.12. The van der Waals surface area contributed by atoms with Crippen LogP contribution < -0.4 is 0 Å². The Morgan fingerprint density at radius 1 is 0.727 bits per heavy atom. The molecule has 3 rings (SSSR count). The summed E-state index contributed by atoms with van der Waals surface area (Å²) in [4.78, 5) is 25.9. The zero-order chi connectivity index (χ0) is 15.0. The molecule has 0 aliphatic heterocycles. The van der Waals surface area contributed by atoms with Crippen LogP contribution in [0.15, 0.2) is 46.9 Å². The smallest absolute Gasteiger partial charge is 0.170 e. The van der Waals surface area contributed by atoms with Crippen molar-refractivity contribution in [3.8, 4) is 0 Å². The van der Waals surface area contributed by atoms with Crippen LogP contribution >= 0.6 is 0 Å². The van der Waals surface area contributed by atoms with Gasteiger partial charge in [0.25, 0.3) is 0 Å². The third kappa shape index (κ3) is 4.00. The van der Waals surface area contributed by atoms with E-state index >= 15 is 0 Å². The molecule has 0 N–H and O–H groups in total. The second-order valence-corrected chi connectivity index (χ2v) is 5.19. The van der Waals surface area contributed by atoms with Crippen molar-refractivity contribution >= 4 is 12.4 Å². The fourth-order valence-corrected chi connectivity index (χ4v) is 2.52. The fraction of sp³-hybridized carbons (Fsp3) is 0.375. The number of aromatic nitrogens is 4. The summed E-state index contributed by atoms with van der Waals surface area (Å²) in [6.45, 7) is 0. The summed E-state index contributed by atoms with van der Waals surface area (Å²) in [5, 5.41) is 0. The topological polar surface area (TPSA) is 76.3 Å². The van der Waals surface area contributed by atoms with Gasteiger partial charge in [0.05, 0.1) is 24.5 Å². The van der Waals surface area contributed by atoms with Crippen molar-refractivity contribution in [3.63, 3.8) is 0 Å². The Balaban J connectivity index is 1.69. The highest BCUT2D eigenvalue weighted by atomic mass is 15.0. The Morgan fingerprint density at radius 2 is 1.14 bits per heavy atom. The highest BCUT2D eigenvalue weighted by molar-refractivity contribution is 5.75. The number of rotatable bonds is 4. The minimum atomic E-state index is 0.178. The molecule has 22 heavy (non-hydrogen) atoms. The largest absolute Gasteiger partial charge is 0.284 e. The van der Waals surface area contributed by atoms with Crippen LogP contribution in [0.1, 0.15) is 37.3 Å². The molecule has 1 aliphatic carbocycles. The summed E-state index contributed by atoms with van der Waals surface area (Å²) in [5.41, 5.74) is 0. The van der Waals surface area contributed by atoms with Gasteiger partial charge in [-0.3, -0.25) is 9.98 Å². The first-order chi connectivity index (χ1) is 10.9. The van der Waals surface area contributed by atoms with Crippen LogP contribution in [-0.4, -0.2) is 44.4 Å². The number of nitrogens with zero attached hydrogens (tertiary/aromatic N) is 6. The van der Waals surface area contributed by atoms with E-state index in [0.29, 0.717) is 11.6 Å². The van der Waals surface area contributed by atoms with Crippen LogP contribution in [0, 0.1) is 0 Å². The van der Waals surface area contributed by atoms with Gasteiger partial charge in [-0.05, 0) is 25.0 Å². The molecule has 2 aromatic heterocycles. The number of hydrogen-bond acceptors (Lipinski definition) is 6. The maximum atomic E-state index is 4.64. The molecule has 0 amide bonds. The molecule has 0 radical (unpaired) electrons. The average Bonchev–Trinajstić information content (AvgIpc) is 2.61.